The van der Waals surface area contributed by atoms with E-state index in [9.17, 15) is 9.59 Å². The standard InChI is InChI=1S/C31H29N3O3.O2S/c1-21-2-9-25(10-3-21)28(35)17-24-8-11-29-26(16-24)18-30(37-29)31(36)33-27-12-14-34(15-13-27)20-23-6-4-22(19-32)5-7-23;1-3-2/h2-11,16,18,27H,12-15,17,20H2,1H3,(H,33,36);. The Morgan fingerprint density at radius 2 is 1.62 bits per heavy atom. The first kappa shape index (κ1) is 28.6. The van der Waals surface area contributed by atoms with Crippen LogP contribution in [0.5, 0.6) is 0 Å². The molecule has 5 rings (SSSR count). The molecule has 2 heterocycles. The van der Waals surface area contributed by atoms with Gasteiger partial charge in [0.1, 0.15) is 5.58 Å². The molecule has 0 bridgehead atoms. The minimum atomic E-state index is -0.750. The zero-order chi connectivity index (χ0) is 28.5. The van der Waals surface area contributed by atoms with Crippen LogP contribution in [0.4, 0.5) is 0 Å². The van der Waals surface area contributed by atoms with Crippen molar-refractivity contribution < 1.29 is 22.4 Å². The number of carbonyl (C=O) groups is 2. The zero-order valence-corrected chi connectivity index (χ0v) is 22.9. The number of furan rings is 1. The van der Waals surface area contributed by atoms with E-state index >= 15 is 0 Å². The van der Waals surface area contributed by atoms with Crippen molar-refractivity contribution in [2.24, 2.45) is 0 Å². The van der Waals surface area contributed by atoms with Crippen LogP contribution in [0.2, 0.25) is 0 Å². The van der Waals surface area contributed by atoms with E-state index < -0.39 is 11.6 Å². The van der Waals surface area contributed by atoms with Crippen molar-refractivity contribution in [1.82, 2.24) is 10.2 Å². The molecular weight excluding hydrogens is 526 g/mol. The summed E-state index contributed by atoms with van der Waals surface area (Å²) in [7, 11) is 0. The summed E-state index contributed by atoms with van der Waals surface area (Å²) in [4.78, 5) is 27.9. The van der Waals surface area contributed by atoms with E-state index in [1.807, 2.05) is 73.7 Å². The number of nitrogens with one attached hydrogen (secondary N) is 1. The molecule has 0 spiro atoms. The van der Waals surface area contributed by atoms with E-state index in [2.05, 4.69) is 16.3 Å². The third kappa shape index (κ3) is 7.59. The predicted molar refractivity (Wildman–Crippen MR) is 151 cm³/mol. The minimum Gasteiger partial charge on any atom is -0.451 e. The van der Waals surface area contributed by atoms with Gasteiger partial charge in [0.05, 0.1) is 11.6 Å². The summed E-state index contributed by atoms with van der Waals surface area (Å²) in [5.41, 5.74) is 5.19. The smallest absolute Gasteiger partial charge is 0.335 e. The lowest BCUT2D eigenvalue weighted by Gasteiger charge is -2.32. The fraction of sp³-hybridized carbons (Fsp3) is 0.258. The Labute approximate surface area is 236 Å². The normalized spacial score (nSPS) is 13.6. The number of rotatable bonds is 7. The molecule has 0 atom stereocenters. The first-order chi connectivity index (χ1) is 19.4. The zero-order valence-electron chi connectivity index (χ0n) is 22.1. The van der Waals surface area contributed by atoms with Crippen LogP contribution in [-0.2, 0) is 24.5 Å². The van der Waals surface area contributed by atoms with E-state index in [4.69, 9.17) is 18.1 Å². The van der Waals surface area contributed by atoms with Crippen molar-refractivity contribution in [2.75, 3.05) is 13.1 Å². The van der Waals surface area contributed by atoms with E-state index in [-0.39, 0.29) is 23.5 Å². The summed E-state index contributed by atoms with van der Waals surface area (Å²) in [6, 6.07) is 24.9. The summed E-state index contributed by atoms with van der Waals surface area (Å²) >= 11 is -0.750. The number of nitrogens with zero attached hydrogens (tertiary/aromatic N) is 2. The SMILES string of the molecule is Cc1ccc(C(=O)Cc2ccc3oc(C(=O)NC4CCN(Cc5ccc(C#N)cc5)CC4)cc3c2)cc1.O=S=O. The highest BCUT2D eigenvalue weighted by molar-refractivity contribution is 7.51. The van der Waals surface area contributed by atoms with E-state index in [0.29, 0.717) is 23.1 Å². The van der Waals surface area contributed by atoms with E-state index in [1.54, 1.807) is 6.07 Å². The van der Waals surface area contributed by atoms with Crippen molar-refractivity contribution in [3.05, 3.63) is 106 Å². The summed E-state index contributed by atoms with van der Waals surface area (Å²) < 4.78 is 22.4. The largest absolute Gasteiger partial charge is 0.451 e. The van der Waals surface area contributed by atoms with Crippen LogP contribution in [0.1, 0.15) is 56.0 Å². The van der Waals surface area contributed by atoms with Crippen LogP contribution in [0, 0.1) is 18.3 Å². The molecule has 0 aliphatic carbocycles. The van der Waals surface area contributed by atoms with Crippen molar-refractivity contribution in [1.29, 1.82) is 5.26 Å². The van der Waals surface area contributed by atoms with Crippen molar-refractivity contribution >= 4 is 34.2 Å². The number of aryl methyl sites for hydroxylation is 1. The first-order valence-electron chi connectivity index (χ1n) is 12.9. The molecule has 0 saturated carbocycles. The Kier molecular flexibility index (Phi) is 9.73. The Hall–Kier alpha value is -4.39. The molecular formula is C31H29N3O5S. The number of ketones is 1. The number of Topliss-reactive ketones (excluding diaryl/α,β-unsaturated/α-hetero) is 1. The second kappa shape index (κ2) is 13.6. The minimum absolute atomic E-state index is 0.0614. The molecule has 1 aromatic heterocycles. The fourth-order valence-electron chi connectivity index (χ4n) is 4.78. The van der Waals surface area contributed by atoms with Crippen molar-refractivity contribution in [3.63, 3.8) is 0 Å². The van der Waals surface area contributed by atoms with Gasteiger partial charge in [0, 0.05) is 43.0 Å². The molecule has 204 valence electrons. The summed E-state index contributed by atoms with van der Waals surface area (Å²) in [5, 5.41) is 12.9. The molecule has 1 fully saturated rings. The van der Waals surface area contributed by atoms with Gasteiger partial charge in [0.2, 0.25) is 0 Å². The molecule has 0 radical (unpaired) electrons. The molecule has 40 heavy (non-hydrogen) atoms. The molecule has 3 aromatic carbocycles. The highest BCUT2D eigenvalue weighted by atomic mass is 32.1. The first-order valence-corrected chi connectivity index (χ1v) is 13.6. The third-order valence-electron chi connectivity index (χ3n) is 6.95. The number of amides is 1. The van der Waals surface area contributed by atoms with Crippen LogP contribution < -0.4 is 5.32 Å². The lowest BCUT2D eigenvalue weighted by atomic mass is 10.0. The van der Waals surface area contributed by atoms with Gasteiger partial charge in [-0.25, -0.2) is 0 Å². The number of fused-ring (bicyclic) bond motifs is 1. The van der Waals surface area contributed by atoms with Gasteiger partial charge in [-0.3, -0.25) is 14.5 Å². The highest BCUT2D eigenvalue weighted by Crippen LogP contribution is 2.23. The van der Waals surface area contributed by atoms with Crippen molar-refractivity contribution in [3.8, 4) is 6.07 Å². The third-order valence-corrected chi connectivity index (χ3v) is 6.95. The quantitative estimate of drug-likeness (QED) is 0.326. The average molecular weight is 556 g/mol. The maximum Gasteiger partial charge on any atom is 0.335 e. The van der Waals surface area contributed by atoms with Crippen LogP contribution in [-0.4, -0.2) is 44.1 Å². The molecule has 1 amide bonds. The maximum absolute atomic E-state index is 12.9. The summed E-state index contributed by atoms with van der Waals surface area (Å²) in [5.74, 6) is 0.141. The highest BCUT2D eigenvalue weighted by Gasteiger charge is 2.23. The number of carbonyl (C=O) groups excluding carboxylic acids is 2. The van der Waals surface area contributed by atoms with Gasteiger partial charge < -0.3 is 9.73 Å². The van der Waals surface area contributed by atoms with Gasteiger partial charge >= 0.3 is 11.6 Å². The number of hydrogen-bond acceptors (Lipinski definition) is 7. The van der Waals surface area contributed by atoms with Gasteiger partial charge in [0.25, 0.3) is 5.91 Å². The van der Waals surface area contributed by atoms with Crippen LogP contribution in [0.15, 0.2) is 77.2 Å². The van der Waals surface area contributed by atoms with Crippen LogP contribution >= 0.6 is 0 Å². The molecule has 1 N–H and O–H groups in total. The van der Waals surface area contributed by atoms with Crippen molar-refractivity contribution in [2.45, 2.75) is 38.8 Å². The van der Waals surface area contributed by atoms with Gasteiger partial charge in [-0.2, -0.15) is 13.7 Å². The number of likely N-dealkylation sites (tertiary alicyclic amines) is 1. The number of piperidine rings is 1. The van der Waals surface area contributed by atoms with E-state index in [1.165, 1.54) is 5.56 Å². The number of benzene rings is 3. The molecule has 1 aliphatic heterocycles. The van der Waals surface area contributed by atoms with Crippen LogP contribution in [0.25, 0.3) is 11.0 Å². The number of hydrogen-bond donors (Lipinski definition) is 1. The van der Waals surface area contributed by atoms with E-state index in [0.717, 1.165) is 49.0 Å². The molecule has 4 aromatic rings. The molecule has 8 nitrogen and oxygen atoms in total. The Balaban J connectivity index is 0.00000118. The second-order valence-electron chi connectivity index (χ2n) is 9.85. The monoisotopic (exact) mass is 555 g/mol. The second-order valence-corrected chi connectivity index (χ2v) is 9.99. The lowest BCUT2D eigenvalue weighted by Crippen LogP contribution is -2.44. The van der Waals surface area contributed by atoms with Gasteiger partial charge in [-0.1, -0.05) is 48.0 Å². The Morgan fingerprint density at radius 3 is 2.27 bits per heavy atom. The Bertz CT molecular complexity index is 1560. The summed E-state index contributed by atoms with van der Waals surface area (Å²) in [6.07, 6.45) is 2.04. The topological polar surface area (TPSA) is 120 Å². The number of nitriles is 1. The average Bonchev–Trinajstić information content (AvgIpc) is 3.39. The van der Waals surface area contributed by atoms with Gasteiger partial charge in [-0.15, -0.1) is 0 Å². The Morgan fingerprint density at radius 1 is 0.975 bits per heavy atom. The predicted octanol–water partition coefficient (Wildman–Crippen LogP) is 4.76. The fourth-order valence-corrected chi connectivity index (χ4v) is 4.78. The lowest BCUT2D eigenvalue weighted by molar-refractivity contribution is 0.0882. The van der Waals surface area contributed by atoms with Crippen LogP contribution in [0.3, 0.4) is 0 Å². The van der Waals surface area contributed by atoms with Gasteiger partial charge in [0.15, 0.2) is 11.5 Å². The van der Waals surface area contributed by atoms with Gasteiger partial charge in [-0.05, 0) is 61.2 Å². The molecule has 1 saturated heterocycles. The summed E-state index contributed by atoms with van der Waals surface area (Å²) in [6.45, 7) is 4.62. The maximum atomic E-state index is 12.9. The molecule has 1 aliphatic rings. The molecule has 0 unspecified atom stereocenters. The molecule has 9 heteroatoms.